The Morgan fingerprint density at radius 2 is 1.74 bits per heavy atom. The van der Waals surface area contributed by atoms with Gasteiger partial charge in [-0.1, -0.05) is 23.7 Å². The number of hydrogen-bond acceptors (Lipinski definition) is 3. The molecule has 3 nitrogen and oxygen atoms in total. The molecule has 0 aliphatic rings. The Balaban J connectivity index is 1.85. The number of halogens is 1. The van der Waals surface area contributed by atoms with Crippen molar-refractivity contribution in [3.05, 3.63) is 59.1 Å². The normalized spacial score (nSPS) is 9.74. The zero-order valence-electron chi connectivity index (χ0n) is 10.2. The molecular formula is C15H12ClNO2. The summed E-state index contributed by atoms with van der Waals surface area (Å²) in [6.45, 7) is 0.581. The molecule has 0 aliphatic carbocycles. The fraction of sp³-hybridized carbons (Fsp3) is 0.133. The molecule has 0 spiro atoms. The van der Waals surface area contributed by atoms with Crippen molar-refractivity contribution in [1.82, 2.24) is 0 Å². The van der Waals surface area contributed by atoms with E-state index in [1.807, 2.05) is 24.3 Å². The molecule has 0 aromatic heterocycles. The first-order chi connectivity index (χ1) is 9.28. The zero-order valence-corrected chi connectivity index (χ0v) is 10.9. The van der Waals surface area contributed by atoms with Gasteiger partial charge in [-0.15, -0.1) is 0 Å². The van der Waals surface area contributed by atoms with Crippen molar-refractivity contribution in [2.24, 2.45) is 4.99 Å². The Labute approximate surface area is 116 Å². The highest BCUT2D eigenvalue weighted by atomic mass is 35.5. The molecule has 0 atom stereocenters. The van der Waals surface area contributed by atoms with Gasteiger partial charge in [0.15, 0.2) is 0 Å². The molecule has 0 saturated heterocycles. The molecule has 0 radical (unpaired) electrons. The largest absolute Gasteiger partial charge is 0.493 e. The quantitative estimate of drug-likeness (QED) is 0.611. The first kappa shape index (κ1) is 13.3. The van der Waals surface area contributed by atoms with Gasteiger partial charge in [0, 0.05) is 11.4 Å². The summed E-state index contributed by atoms with van der Waals surface area (Å²) in [6, 6.07) is 14.7. The summed E-state index contributed by atoms with van der Waals surface area (Å²) < 4.78 is 5.60. The van der Waals surface area contributed by atoms with Crippen LogP contribution in [0.5, 0.6) is 5.75 Å². The fourth-order valence-corrected chi connectivity index (χ4v) is 1.73. The molecular weight excluding hydrogens is 262 g/mol. The highest BCUT2D eigenvalue weighted by Gasteiger charge is 1.97. The molecule has 0 fully saturated rings. The third-order valence-corrected chi connectivity index (χ3v) is 2.84. The molecule has 2 aromatic carbocycles. The summed E-state index contributed by atoms with van der Waals surface area (Å²) in [5, 5.41) is 0.732. The number of benzene rings is 2. The maximum absolute atomic E-state index is 10.1. The Bertz CT molecular complexity index is 572. The van der Waals surface area contributed by atoms with E-state index >= 15 is 0 Å². The molecule has 0 N–H and O–H groups in total. The van der Waals surface area contributed by atoms with Crippen LogP contribution in [0.3, 0.4) is 0 Å². The maximum Gasteiger partial charge on any atom is 0.240 e. The predicted octanol–water partition coefficient (Wildman–Crippen LogP) is 3.93. The standard InChI is InChI=1S/C15H12ClNO2/c16-13-3-1-12(2-4-13)9-10-19-15-7-5-14(6-8-15)17-11-18/h1-8H,9-10H2. The molecule has 0 saturated carbocycles. The van der Waals surface area contributed by atoms with Crippen LogP contribution in [0.1, 0.15) is 5.56 Å². The van der Waals surface area contributed by atoms with Gasteiger partial charge in [-0.05, 0) is 42.0 Å². The van der Waals surface area contributed by atoms with Crippen molar-refractivity contribution >= 4 is 23.4 Å². The average Bonchev–Trinajstić information content (AvgIpc) is 2.43. The van der Waals surface area contributed by atoms with Crippen molar-refractivity contribution < 1.29 is 9.53 Å². The first-order valence-corrected chi connectivity index (χ1v) is 6.21. The number of aliphatic imine (C=N–C) groups is 1. The molecule has 19 heavy (non-hydrogen) atoms. The number of carbonyl (C=O) groups excluding carboxylic acids is 1. The molecule has 0 heterocycles. The topological polar surface area (TPSA) is 38.7 Å². The van der Waals surface area contributed by atoms with Gasteiger partial charge < -0.3 is 4.74 Å². The van der Waals surface area contributed by atoms with Gasteiger partial charge in [-0.2, -0.15) is 4.99 Å². The van der Waals surface area contributed by atoms with Gasteiger partial charge in [0.1, 0.15) is 5.75 Å². The van der Waals surface area contributed by atoms with Crippen LogP contribution in [-0.4, -0.2) is 12.7 Å². The fourth-order valence-electron chi connectivity index (χ4n) is 1.61. The van der Waals surface area contributed by atoms with Crippen LogP contribution in [-0.2, 0) is 11.2 Å². The minimum absolute atomic E-state index is 0.569. The number of isocyanates is 1. The summed E-state index contributed by atoms with van der Waals surface area (Å²) in [6.07, 6.45) is 2.31. The van der Waals surface area contributed by atoms with Crippen LogP contribution < -0.4 is 4.74 Å². The van der Waals surface area contributed by atoms with Gasteiger partial charge in [-0.3, -0.25) is 0 Å². The Hall–Kier alpha value is -2.09. The second-order valence-electron chi connectivity index (χ2n) is 3.92. The van der Waals surface area contributed by atoms with E-state index in [-0.39, 0.29) is 0 Å². The number of rotatable bonds is 5. The summed E-state index contributed by atoms with van der Waals surface area (Å²) in [5.74, 6) is 0.749. The molecule has 4 heteroatoms. The Morgan fingerprint density at radius 3 is 2.37 bits per heavy atom. The van der Waals surface area contributed by atoms with Crippen molar-refractivity contribution in [3.8, 4) is 5.75 Å². The van der Waals surface area contributed by atoms with E-state index in [0.717, 1.165) is 17.2 Å². The lowest BCUT2D eigenvalue weighted by Gasteiger charge is -2.06. The molecule has 0 bridgehead atoms. The minimum Gasteiger partial charge on any atom is -0.493 e. The highest BCUT2D eigenvalue weighted by molar-refractivity contribution is 6.30. The average molecular weight is 274 g/mol. The van der Waals surface area contributed by atoms with Crippen molar-refractivity contribution in [2.45, 2.75) is 6.42 Å². The monoisotopic (exact) mass is 273 g/mol. The highest BCUT2D eigenvalue weighted by Crippen LogP contribution is 2.18. The Kier molecular flexibility index (Phi) is 4.73. The van der Waals surface area contributed by atoms with Crippen LogP contribution in [0.4, 0.5) is 5.69 Å². The second kappa shape index (κ2) is 6.74. The maximum atomic E-state index is 10.1. The third kappa shape index (κ3) is 4.25. The van der Waals surface area contributed by atoms with Gasteiger partial charge in [-0.25, -0.2) is 4.79 Å². The van der Waals surface area contributed by atoms with Crippen molar-refractivity contribution in [3.63, 3.8) is 0 Å². The van der Waals surface area contributed by atoms with Crippen molar-refractivity contribution in [2.75, 3.05) is 6.61 Å². The molecule has 0 aliphatic heterocycles. The van der Waals surface area contributed by atoms with E-state index in [1.54, 1.807) is 24.3 Å². The molecule has 0 unspecified atom stereocenters. The number of nitrogens with zero attached hydrogens (tertiary/aromatic N) is 1. The van der Waals surface area contributed by atoms with Crippen LogP contribution in [0.15, 0.2) is 53.5 Å². The molecule has 2 aromatic rings. The summed E-state index contributed by atoms with van der Waals surface area (Å²) in [7, 11) is 0. The molecule has 96 valence electrons. The molecule has 0 amide bonds. The lowest BCUT2D eigenvalue weighted by molar-refractivity contribution is 0.322. The van der Waals surface area contributed by atoms with E-state index in [9.17, 15) is 4.79 Å². The summed E-state index contributed by atoms with van der Waals surface area (Å²) in [4.78, 5) is 13.6. The van der Waals surface area contributed by atoms with Gasteiger partial charge in [0.05, 0.1) is 12.3 Å². The lowest BCUT2D eigenvalue weighted by Crippen LogP contribution is -2.00. The second-order valence-corrected chi connectivity index (χ2v) is 4.36. The van der Waals surface area contributed by atoms with E-state index in [4.69, 9.17) is 16.3 Å². The summed E-state index contributed by atoms with van der Waals surface area (Å²) >= 11 is 5.81. The van der Waals surface area contributed by atoms with Crippen LogP contribution >= 0.6 is 11.6 Å². The van der Waals surface area contributed by atoms with Crippen LogP contribution in [0.2, 0.25) is 5.02 Å². The first-order valence-electron chi connectivity index (χ1n) is 5.83. The van der Waals surface area contributed by atoms with Crippen LogP contribution in [0, 0.1) is 0 Å². The van der Waals surface area contributed by atoms with Crippen molar-refractivity contribution in [1.29, 1.82) is 0 Å². The third-order valence-electron chi connectivity index (χ3n) is 2.58. The molecule has 2 rings (SSSR count). The minimum atomic E-state index is 0.569. The Morgan fingerprint density at radius 1 is 1.05 bits per heavy atom. The van der Waals surface area contributed by atoms with Gasteiger partial charge in [0.2, 0.25) is 6.08 Å². The zero-order chi connectivity index (χ0) is 13.5. The predicted molar refractivity (Wildman–Crippen MR) is 74.9 cm³/mol. The smallest absolute Gasteiger partial charge is 0.240 e. The van der Waals surface area contributed by atoms with Gasteiger partial charge >= 0.3 is 0 Å². The van der Waals surface area contributed by atoms with Crippen LogP contribution in [0.25, 0.3) is 0 Å². The van der Waals surface area contributed by atoms with Gasteiger partial charge in [0.25, 0.3) is 0 Å². The summed E-state index contributed by atoms with van der Waals surface area (Å²) in [5.41, 5.74) is 1.74. The number of ether oxygens (including phenoxy) is 1. The number of hydrogen-bond donors (Lipinski definition) is 0. The van der Waals surface area contributed by atoms with E-state index in [0.29, 0.717) is 12.3 Å². The van der Waals surface area contributed by atoms with E-state index < -0.39 is 0 Å². The SMILES string of the molecule is O=C=Nc1ccc(OCCc2ccc(Cl)cc2)cc1. The lowest BCUT2D eigenvalue weighted by atomic mass is 10.2. The van der Waals surface area contributed by atoms with E-state index in [1.165, 1.54) is 11.6 Å². The van der Waals surface area contributed by atoms with E-state index in [2.05, 4.69) is 4.99 Å².